The van der Waals surface area contributed by atoms with E-state index in [1.807, 2.05) is 36.4 Å². The maximum Gasteiger partial charge on any atom is 0.280 e. The van der Waals surface area contributed by atoms with Crippen molar-refractivity contribution in [2.75, 3.05) is 31.1 Å². The molecule has 0 spiro atoms. The van der Waals surface area contributed by atoms with E-state index in [2.05, 4.69) is 14.6 Å². The lowest BCUT2D eigenvalue weighted by Gasteiger charge is -2.36. The van der Waals surface area contributed by atoms with Crippen LogP contribution in [0.1, 0.15) is 19.4 Å². The molecule has 1 fully saturated rings. The zero-order chi connectivity index (χ0) is 23.1. The summed E-state index contributed by atoms with van der Waals surface area (Å²) in [4.78, 5) is 17.9. The number of benzene rings is 1. The topological polar surface area (TPSA) is 124 Å². The van der Waals surface area contributed by atoms with Crippen molar-refractivity contribution >= 4 is 21.8 Å². The predicted octanol–water partition coefficient (Wildman–Crippen LogP) is 1.15. The van der Waals surface area contributed by atoms with Gasteiger partial charge in [0.15, 0.2) is 0 Å². The number of pyridine rings is 1. The fraction of sp³-hybridized carbons (Fsp3) is 0.429. The average Bonchev–Trinajstić information content (AvgIpc) is 2.81. The SMILES string of the molecule is CC(C)C(NS(=O)(=O)N1CCN(c2ccc(OCc3ccncc3)cc2)CC1)C(=O)NO. The van der Waals surface area contributed by atoms with Gasteiger partial charge < -0.3 is 9.64 Å². The van der Waals surface area contributed by atoms with Gasteiger partial charge in [-0.25, -0.2) is 5.48 Å². The minimum absolute atomic E-state index is 0.279. The van der Waals surface area contributed by atoms with Crippen LogP contribution in [-0.2, 0) is 21.6 Å². The van der Waals surface area contributed by atoms with Gasteiger partial charge in [0.05, 0.1) is 0 Å². The Bertz CT molecular complexity index is 977. The van der Waals surface area contributed by atoms with Crippen molar-refractivity contribution in [1.82, 2.24) is 19.5 Å². The molecule has 32 heavy (non-hydrogen) atoms. The number of carbonyl (C=O) groups is 1. The monoisotopic (exact) mass is 463 g/mol. The van der Waals surface area contributed by atoms with Crippen LogP contribution in [0.4, 0.5) is 5.69 Å². The van der Waals surface area contributed by atoms with Crippen molar-refractivity contribution in [1.29, 1.82) is 0 Å². The number of rotatable bonds is 9. The van der Waals surface area contributed by atoms with E-state index in [4.69, 9.17) is 9.94 Å². The molecule has 1 aliphatic rings. The zero-order valence-corrected chi connectivity index (χ0v) is 19.0. The third-order valence-corrected chi connectivity index (χ3v) is 6.87. The molecule has 2 heterocycles. The Balaban J connectivity index is 1.54. The molecule has 1 aromatic heterocycles. The van der Waals surface area contributed by atoms with Gasteiger partial charge in [-0.2, -0.15) is 17.4 Å². The van der Waals surface area contributed by atoms with Crippen LogP contribution in [-0.4, -0.2) is 61.0 Å². The van der Waals surface area contributed by atoms with Crippen LogP contribution >= 0.6 is 0 Å². The van der Waals surface area contributed by atoms with Crippen LogP contribution in [0.5, 0.6) is 5.75 Å². The molecule has 1 aliphatic heterocycles. The highest BCUT2D eigenvalue weighted by atomic mass is 32.2. The third-order valence-electron chi connectivity index (χ3n) is 5.27. The maximum atomic E-state index is 12.7. The first-order chi connectivity index (χ1) is 15.3. The molecule has 3 N–H and O–H groups in total. The number of amides is 1. The largest absolute Gasteiger partial charge is 0.489 e. The summed E-state index contributed by atoms with van der Waals surface area (Å²) in [5.41, 5.74) is 3.53. The Morgan fingerprint density at radius 1 is 1.09 bits per heavy atom. The Morgan fingerprint density at radius 3 is 2.28 bits per heavy atom. The molecule has 174 valence electrons. The van der Waals surface area contributed by atoms with Gasteiger partial charge in [0, 0.05) is 44.3 Å². The standard InChI is InChI=1S/C21H29N5O5S/c1-16(2)20(21(27)23-28)24-32(29,30)26-13-11-25(12-14-26)18-3-5-19(6-4-18)31-15-17-7-9-22-10-8-17/h3-10,16,20,24,28H,11-15H2,1-2H3,(H,23,27). The van der Waals surface area contributed by atoms with Crippen molar-refractivity contribution < 1.29 is 23.2 Å². The molecule has 1 saturated heterocycles. The lowest BCUT2D eigenvalue weighted by molar-refractivity contribution is -0.131. The van der Waals surface area contributed by atoms with E-state index in [0.717, 1.165) is 17.0 Å². The number of anilines is 1. The van der Waals surface area contributed by atoms with Crippen LogP contribution in [0.15, 0.2) is 48.8 Å². The molecule has 0 bridgehead atoms. The first kappa shape index (κ1) is 23.9. The molecule has 0 radical (unpaired) electrons. The van der Waals surface area contributed by atoms with Gasteiger partial charge in [-0.15, -0.1) is 0 Å². The number of aromatic nitrogens is 1. The van der Waals surface area contributed by atoms with E-state index in [1.165, 1.54) is 9.79 Å². The maximum absolute atomic E-state index is 12.7. The number of piperazine rings is 1. The van der Waals surface area contributed by atoms with Gasteiger partial charge >= 0.3 is 0 Å². The second-order valence-electron chi connectivity index (χ2n) is 7.84. The predicted molar refractivity (Wildman–Crippen MR) is 119 cm³/mol. The number of nitrogens with zero attached hydrogens (tertiary/aromatic N) is 3. The summed E-state index contributed by atoms with van der Waals surface area (Å²) in [6.45, 7) is 5.43. The van der Waals surface area contributed by atoms with Gasteiger partial charge in [0.2, 0.25) is 0 Å². The number of hydrogen-bond acceptors (Lipinski definition) is 7. The molecule has 1 atom stereocenters. The molecular weight excluding hydrogens is 434 g/mol. The lowest BCUT2D eigenvalue weighted by atomic mass is 10.1. The zero-order valence-electron chi connectivity index (χ0n) is 18.1. The number of carbonyl (C=O) groups excluding carboxylic acids is 1. The molecule has 1 aromatic carbocycles. The van der Waals surface area contributed by atoms with E-state index >= 15 is 0 Å². The van der Waals surface area contributed by atoms with E-state index in [0.29, 0.717) is 19.7 Å². The molecule has 3 rings (SSSR count). The summed E-state index contributed by atoms with van der Waals surface area (Å²) in [7, 11) is -3.87. The molecule has 0 aliphatic carbocycles. The molecule has 0 saturated carbocycles. The Labute approximate surface area is 188 Å². The van der Waals surface area contributed by atoms with E-state index < -0.39 is 22.2 Å². The molecule has 10 nitrogen and oxygen atoms in total. The molecule has 1 unspecified atom stereocenters. The quantitative estimate of drug-likeness (QED) is 0.376. The second-order valence-corrected chi connectivity index (χ2v) is 9.55. The lowest BCUT2D eigenvalue weighted by Crippen LogP contribution is -2.57. The summed E-state index contributed by atoms with van der Waals surface area (Å²) >= 11 is 0. The number of nitrogens with one attached hydrogen (secondary N) is 2. The fourth-order valence-corrected chi connectivity index (χ4v) is 4.88. The van der Waals surface area contributed by atoms with Crippen LogP contribution in [0, 0.1) is 5.92 Å². The van der Waals surface area contributed by atoms with Crippen molar-refractivity contribution in [2.45, 2.75) is 26.5 Å². The molecule has 2 aromatic rings. The minimum atomic E-state index is -3.87. The van der Waals surface area contributed by atoms with Gasteiger partial charge in [-0.1, -0.05) is 13.8 Å². The summed E-state index contributed by atoms with van der Waals surface area (Å²) in [5, 5.41) is 8.87. The Kier molecular flexibility index (Phi) is 8.02. The van der Waals surface area contributed by atoms with Crippen LogP contribution < -0.4 is 19.8 Å². The highest BCUT2D eigenvalue weighted by Gasteiger charge is 2.33. The average molecular weight is 464 g/mol. The van der Waals surface area contributed by atoms with Gasteiger partial charge in [0.25, 0.3) is 16.1 Å². The van der Waals surface area contributed by atoms with Crippen molar-refractivity contribution in [3.8, 4) is 5.75 Å². The van der Waals surface area contributed by atoms with Gasteiger partial charge in [-0.3, -0.25) is 15.0 Å². The van der Waals surface area contributed by atoms with Crippen molar-refractivity contribution in [3.05, 3.63) is 54.4 Å². The van der Waals surface area contributed by atoms with E-state index in [9.17, 15) is 13.2 Å². The van der Waals surface area contributed by atoms with Crippen molar-refractivity contribution in [2.24, 2.45) is 5.92 Å². The highest BCUT2D eigenvalue weighted by molar-refractivity contribution is 7.87. The number of hydrogen-bond donors (Lipinski definition) is 3. The normalized spacial score (nSPS) is 16.1. The highest BCUT2D eigenvalue weighted by Crippen LogP contribution is 2.22. The number of ether oxygens (including phenoxy) is 1. The van der Waals surface area contributed by atoms with Crippen molar-refractivity contribution in [3.63, 3.8) is 0 Å². The molecule has 1 amide bonds. The van der Waals surface area contributed by atoms with Crippen LogP contribution in [0.25, 0.3) is 0 Å². The van der Waals surface area contributed by atoms with Crippen LogP contribution in [0.2, 0.25) is 0 Å². The first-order valence-corrected chi connectivity index (χ1v) is 11.8. The van der Waals surface area contributed by atoms with Crippen LogP contribution in [0.3, 0.4) is 0 Å². The summed E-state index contributed by atoms with van der Waals surface area (Å²) in [6.07, 6.45) is 3.45. The smallest absolute Gasteiger partial charge is 0.280 e. The van der Waals surface area contributed by atoms with Gasteiger partial charge in [0.1, 0.15) is 18.4 Å². The number of hydroxylamine groups is 1. The summed E-state index contributed by atoms with van der Waals surface area (Å²) < 4.78 is 34.9. The minimum Gasteiger partial charge on any atom is -0.489 e. The Morgan fingerprint density at radius 2 is 1.72 bits per heavy atom. The van der Waals surface area contributed by atoms with Gasteiger partial charge in [-0.05, 0) is 47.9 Å². The summed E-state index contributed by atoms with van der Waals surface area (Å²) in [6, 6.07) is 10.4. The second kappa shape index (κ2) is 10.7. The third kappa shape index (κ3) is 6.16. The molecule has 11 heteroatoms. The summed E-state index contributed by atoms with van der Waals surface area (Å²) in [5.74, 6) is -0.358. The van der Waals surface area contributed by atoms with E-state index in [1.54, 1.807) is 26.2 Å². The van der Waals surface area contributed by atoms with E-state index in [-0.39, 0.29) is 19.0 Å². The first-order valence-electron chi connectivity index (χ1n) is 10.4. The Hall–Kier alpha value is -2.73. The fourth-order valence-electron chi connectivity index (χ4n) is 3.38. The molecular formula is C21H29N5O5S.